The molecule has 1 aliphatic carbocycles. The molecule has 1 unspecified atom stereocenters. The summed E-state index contributed by atoms with van der Waals surface area (Å²) in [5, 5.41) is 21.9. The van der Waals surface area contributed by atoms with E-state index in [1.54, 1.807) is 18.2 Å². The van der Waals surface area contributed by atoms with Gasteiger partial charge in [-0.05, 0) is 30.9 Å². The van der Waals surface area contributed by atoms with E-state index in [9.17, 15) is 9.90 Å². The number of hydrogen-bond acceptors (Lipinski definition) is 3. The fourth-order valence-electron chi connectivity index (χ4n) is 2.77. The average molecular weight is 293 g/mol. The number of hydrogen-bond donors (Lipinski definition) is 2. The molecule has 0 radical (unpaired) electrons. The van der Waals surface area contributed by atoms with Crippen LogP contribution < -0.4 is 5.32 Å². The van der Waals surface area contributed by atoms with Crippen LogP contribution in [0.15, 0.2) is 18.2 Å². The number of anilines is 1. The lowest BCUT2D eigenvalue weighted by molar-refractivity contribution is -0.139. The van der Waals surface area contributed by atoms with Gasteiger partial charge in [0.05, 0.1) is 16.3 Å². The Morgan fingerprint density at radius 3 is 2.70 bits per heavy atom. The van der Waals surface area contributed by atoms with Crippen molar-refractivity contribution in [3.63, 3.8) is 0 Å². The van der Waals surface area contributed by atoms with Gasteiger partial charge in [0.25, 0.3) is 0 Å². The molecule has 1 atom stereocenters. The number of aliphatic carboxylic acids is 1. The first-order valence-electron chi connectivity index (χ1n) is 6.81. The number of nitriles is 1. The molecule has 1 aromatic carbocycles. The molecule has 1 aliphatic rings. The predicted molar refractivity (Wildman–Crippen MR) is 77.8 cm³/mol. The number of carboxylic acids is 1. The van der Waals surface area contributed by atoms with Crippen LogP contribution >= 0.6 is 11.6 Å². The van der Waals surface area contributed by atoms with Crippen LogP contribution in [0.3, 0.4) is 0 Å². The lowest BCUT2D eigenvalue weighted by Gasteiger charge is -2.29. The number of rotatable bonds is 4. The Bertz CT molecular complexity index is 533. The van der Waals surface area contributed by atoms with Crippen LogP contribution in [0.1, 0.15) is 37.7 Å². The maximum Gasteiger partial charge on any atom is 0.326 e. The highest BCUT2D eigenvalue weighted by molar-refractivity contribution is 6.32. The minimum Gasteiger partial charge on any atom is -0.480 e. The lowest BCUT2D eigenvalue weighted by Crippen LogP contribution is -2.38. The van der Waals surface area contributed by atoms with E-state index in [1.165, 1.54) is 6.42 Å². The first-order valence-corrected chi connectivity index (χ1v) is 7.19. The molecule has 106 valence electrons. The van der Waals surface area contributed by atoms with Crippen LogP contribution in [0.25, 0.3) is 0 Å². The van der Waals surface area contributed by atoms with Crippen molar-refractivity contribution in [3.8, 4) is 6.07 Å². The largest absolute Gasteiger partial charge is 0.480 e. The molecule has 0 aliphatic heterocycles. The molecule has 0 amide bonds. The molecule has 1 aromatic rings. The number of benzene rings is 1. The summed E-state index contributed by atoms with van der Waals surface area (Å²) < 4.78 is 0. The van der Waals surface area contributed by atoms with Crippen LogP contribution in [0, 0.1) is 17.2 Å². The number of carbonyl (C=O) groups is 1. The van der Waals surface area contributed by atoms with Crippen molar-refractivity contribution < 1.29 is 9.90 Å². The highest BCUT2D eigenvalue weighted by Crippen LogP contribution is 2.30. The Balaban J connectivity index is 2.22. The van der Waals surface area contributed by atoms with Gasteiger partial charge in [0.2, 0.25) is 0 Å². The summed E-state index contributed by atoms with van der Waals surface area (Å²) in [6.07, 6.45) is 5.12. The van der Waals surface area contributed by atoms with Gasteiger partial charge in [0.1, 0.15) is 12.1 Å². The summed E-state index contributed by atoms with van der Waals surface area (Å²) in [6.45, 7) is 0. The summed E-state index contributed by atoms with van der Waals surface area (Å²) >= 11 is 5.97. The van der Waals surface area contributed by atoms with E-state index in [-0.39, 0.29) is 5.92 Å². The second kappa shape index (κ2) is 6.62. The molecule has 4 nitrogen and oxygen atoms in total. The Morgan fingerprint density at radius 1 is 1.40 bits per heavy atom. The number of halogens is 1. The van der Waals surface area contributed by atoms with Gasteiger partial charge in [0.15, 0.2) is 0 Å². The van der Waals surface area contributed by atoms with Crippen LogP contribution in [0.4, 0.5) is 5.69 Å². The Morgan fingerprint density at radius 2 is 2.10 bits per heavy atom. The molecular weight excluding hydrogens is 276 g/mol. The smallest absolute Gasteiger partial charge is 0.326 e. The predicted octanol–water partition coefficient (Wildman–Crippen LogP) is 3.66. The van der Waals surface area contributed by atoms with Gasteiger partial charge in [0, 0.05) is 0 Å². The summed E-state index contributed by atoms with van der Waals surface area (Å²) in [4.78, 5) is 11.5. The normalized spacial score (nSPS) is 17.2. The fourth-order valence-corrected chi connectivity index (χ4v) is 2.99. The van der Waals surface area contributed by atoms with E-state index in [1.807, 2.05) is 6.07 Å². The quantitative estimate of drug-likeness (QED) is 0.888. The lowest BCUT2D eigenvalue weighted by atomic mass is 9.83. The second-order valence-corrected chi connectivity index (χ2v) is 5.54. The third-order valence-corrected chi connectivity index (χ3v) is 4.14. The molecule has 0 heterocycles. The van der Waals surface area contributed by atoms with Crippen molar-refractivity contribution in [1.82, 2.24) is 0 Å². The highest BCUT2D eigenvalue weighted by atomic mass is 35.5. The molecular formula is C15H17ClN2O2. The third-order valence-electron chi connectivity index (χ3n) is 3.82. The zero-order valence-corrected chi connectivity index (χ0v) is 11.9. The van der Waals surface area contributed by atoms with Crippen molar-refractivity contribution in [3.05, 3.63) is 28.8 Å². The van der Waals surface area contributed by atoms with E-state index in [0.717, 1.165) is 25.7 Å². The summed E-state index contributed by atoms with van der Waals surface area (Å²) in [5.74, 6) is -0.771. The molecule has 1 saturated carbocycles. The van der Waals surface area contributed by atoms with E-state index >= 15 is 0 Å². The van der Waals surface area contributed by atoms with Gasteiger partial charge >= 0.3 is 5.97 Å². The van der Waals surface area contributed by atoms with E-state index < -0.39 is 12.0 Å². The Labute approximate surface area is 123 Å². The first kappa shape index (κ1) is 14.7. The fraction of sp³-hybridized carbons (Fsp3) is 0.467. The SMILES string of the molecule is N#Cc1c(Cl)cccc1NC(C(=O)O)C1CCCCC1. The van der Waals surface area contributed by atoms with Crippen molar-refractivity contribution in [2.45, 2.75) is 38.1 Å². The standard InChI is InChI=1S/C15H17ClN2O2/c16-12-7-4-8-13(11(12)9-17)18-14(15(19)20)10-5-2-1-3-6-10/h4,7-8,10,14,18H,1-3,5-6H2,(H,19,20). The topological polar surface area (TPSA) is 73.1 Å². The van der Waals surface area contributed by atoms with E-state index in [2.05, 4.69) is 5.32 Å². The maximum absolute atomic E-state index is 11.5. The number of nitrogens with one attached hydrogen (secondary N) is 1. The molecule has 2 N–H and O–H groups in total. The van der Waals surface area contributed by atoms with Crippen LogP contribution in [-0.2, 0) is 4.79 Å². The van der Waals surface area contributed by atoms with E-state index in [4.69, 9.17) is 16.9 Å². The van der Waals surface area contributed by atoms with Gasteiger partial charge in [-0.2, -0.15) is 5.26 Å². The molecule has 5 heteroatoms. The maximum atomic E-state index is 11.5. The van der Waals surface area contributed by atoms with Crippen molar-refractivity contribution >= 4 is 23.3 Å². The van der Waals surface area contributed by atoms with Gasteiger partial charge in [-0.1, -0.05) is 36.9 Å². The Kier molecular flexibility index (Phi) is 4.86. The summed E-state index contributed by atoms with van der Waals surface area (Å²) in [6, 6.07) is 6.40. The van der Waals surface area contributed by atoms with E-state index in [0.29, 0.717) is 16.3 Å². The molecule has 0 spiro atoms. The van der Waals surface area contributed by atoms with Crippen molar-refractivity contribution in [2.75, 3.05) is 5.32 Å². The van der Waals surface area contributed by atoms with Crippen molar-refractivity contribution in [1.29, 1.82) is 5.26 Å². The highest BCUT2D eigenvalue weighted by Gasteiger charge is 2.29. The summed E-state index contributed by atoms with van der Waals surface area (Å²) in [5.41, 5.74) is 0.800. The van der Waals surface area contributed by atoms with Gasteiger partial charge < -0.3 is 10.4 Å². The molecule has 1 fully saturated rings. The molecule has 0 saturated heterocycles. The molecule has 2 rings (SSSR count). The zero-order chi connectivity index (χ0) is 14.5. The van der Waals surface area contributed by atoms with Crippen LogP contribution in [-0.4, -0.2) is 17.1 Å². The average Bonchev–Trinajstić information content (AvgIpc) is 2.45. The zero-order valence-electron chi connectivity index (χ0n) is 11.1. The molecule has 20 heavy (non-hydrogen) atoms. The van der Waals surface area contributed by atoms with Gasteiger partial charge in [-0.3, -0.25) is 0 Å². The number of carboxylic acid groups (broad SMARTS) is 1. The summed E-state index contributed by atoms with van der Waals surface area (Å²) in [7, 11) is 0. The monoisotopic (exact) mass is 292 g/mol. The van der Waals surface area contributed by atoms with Gasteiger partial charge in [-0.15, -0.1) is 0 Å². The Hall–Kier alpha value is -1.73. The second-order valence-electron chi connectivity index (χ2n) is 5.13. The van der Waals surface area contributed by atoms with Gasteiger partial charge in [-0.25, -0.2) is 4.79 Å². The van der Waals surface area contributed by atoms with Crippen LogP contribution in [0.5, 0.6) is 0 Å². The minimum atomic E-state index is -0.874. The molecule has 0 aromatic heterocycles. The van der Waals surface area contributed by atoms with Crippen LogP contribution in [0.2, 0.25) is 5.02 Å². The minimum absolute atomic E-state index is 0.103. The molecule has 0 bridgehead atoms. The van der Waals surface area contributed by atoms with Crippen molar-refractivity contribution in [2.24, 2.45) is 5.92 Å². The number of nitrogens with zero attached hydrogens (tertiary/aromatic N) is 1. The third kappa shape index (κ3) is 3.23. The first-order chi connectivity index (χ1) is 9.63.